The molecule has 0 radical (unpaired) electrons. The van der Waals surface area contributed by atoms with Gasteiger partial charge in [-0.2, -0.15) is 13.2 Å². The van der Waals surface area contributed by atoms with Gasteiger partial charge in [0.15, 0.2) is 0 Å². The summed E-state index contributed by atoms with van der Waals surface area (Å²) < 4.78 is 42.0. The number of nitrogens with one attached hydrogen (secondary N) is 1. The van der Waals surface area contributed by atoms with E-state index < -0.39 is 35.9 Å². The highest BCUT2D eigenvalue weighted by molar-refractivity contribution is 5.87. The van der Waals surface area contributed by atoms with Crippen LogP contribution in [-0.4, -0.2) is 42.9 Å². The standard InChI is InChI=1S/C13H20F3NO4/c1-21-7-6-12(4-2-3-5-12)11(20)17-9(10(18)19)8-13(14,15)16/h9H,2-8H2,1H3,(H,17,20)(H,18,19). The van der Waals surface area contributed by atoms with Gasteiger partial charge >= 0.3 is 12.1 Å². The van der Waals surface area contributed by atoms with Crippen LogP contribution in [0.15, 0.2) is 0 Å². The molecule has 0 aromatic heterocycles. The number of methoxy groups -OCH3 is 1. The molecule has 0 aromatic carbocycles. The van der Waals surface area contributed by atoms with Gasteiger partial charge in [0.2, 0.25) is 5.91 Å². The van der Waals surface area contributed by atoms with Crippen molar-refractivity contribution in [2.75, 3.05) is 13.7 Å². The molecule has 1 unspecified atom stereocenters. The SMILES string of the molecule is COCCC1(C(=O)NC(CC(F)(F)F)C(=O)O)CCCC1. The van der Waals surface area contributed by atoms with Crippen LogP contribution in [0, 0.1) is 5.41 Å². The maximum atomic E-state index is 12.4. The first kappa shape index (κ1) is 17.7. The lowest BCUT2D eigenvalue weighted by molar-refractivity contribution is -0.161. The van der Waals surface area contributed by atoms with E-state index in [9.17, 15) is 22.8 Å². The number of amides is 1. The molecular formula is C13H20F3NO4. The largest absolute Gasteiger partial charge is 0.480 e. The smallest absolute Gasteiger partial charge is 0.391 e. The Kier molecular flexibility index (Phi) is 6.00. The number of hydrogen-bond donors (Lipinski definition) is 2. The fraction of sp³-hybridized carbons (Fsp3) is 0.846. The highest BCUT2D eigenvalue weighted by Crippen LogP contribution is 2.41. The molecule has 1 amide bonds. The number of alkyl halides is 3. The maximum absolute atomic E-state index is 12.4. The van der Waals surface area contributed by atoms with Gasteiger partial charge in [0.05, 0.1) is 11.8 Å². The first-order chi connectivity index (χ1) is 9.70. The van der Waals surface area contributed by atoms with Gasteiger partial charge in [0.25, 0.3) is 0 Å². The van der Waals surface area contributed by atoms with Crippen LogP contribution in [0.1, 0.15) is 38.5 Å². The summed E-state index contributed by atoms with van der Waals surface area (Å²) in [5.74, 6) is -2.30. The van der Waals surface area contributed by atoms with Gasteiger partial charge in [0.1, 0.15) is 6.04 Å². The van der Waals surface area contributed by atoms with E-state index in [2.05, 4.69) is 5.32 Å². The normalized spacial score (nSPS) is 19.2. The summed E-state index contributed by atoms with van der Waals surface area (Å²) in [7, 11) is 1.48. The number of rotatable bonds is 7. The Morgan fingerprint density at radius 1 is 1.33 bits per heavy atom. The topological polar surface area (TPSA) is 75.6 Å². The van der Waals surface area contributed by atoms with Crippen molar-refractivity contribution >= 4 is 11.9 Å². The zero-order valence-corrected chi connectivity index (χ0v) is 11.8. The summed E-state index contributed by atoms with van der Waals surface area (Å²) in [5, 5.41) is 10.9. The Labute approximate surface area is 120 Å². The molecule has 0 saturated heterocycles. The average molecular weight is 311 g/mol. The van der Waals surface area contributed by atoms with E-state index in [0.29, 0.717) is 25.9 Å². The van der Waals surface area contributed by atoms with Crippen LogP contribution in [0.5, 0.6) is 0 Å². The lowest BCUT2D eigenvalue weighted by Crippen LogP contribution is -2.49. The predicted molar refractivity (Wildman–Crippen MR) is 67.6 cm³/mol. The number of carbonyl (C=O) groups excluding carboxylic acids is 1. The van der Waals surface area contributed by atoms with E-state index in [0.717, 1.165) is 12.8 Å². The molecule has 0 aliphatic heterocycles. The zero-order valence-electron chi connectivity index (χ0n) is 11.8. The molecule has 0 spiro atoms. The molecule has 5 nitrogen and oxygen atoms in total. The molecule has 1 aliphatic carbocycles. The van der Waals surface area contributed by atoms with Crippen LogP contribution in [0.25, 0.3) is 0 Å². The third kappa shape index (κ3) is 5.18. The van der Waals surface area contributed by atoms with Gasteiger partial charge in [-0.1, -0.05) is 12.8 Å². The molecule has 1 atom stereocenters. The molecule has 1 aliphatic rings. The molecule has 2 N–H and O–H groups in total. The Morgan fingerprint density at radius 2 is 1.90 bits per heavy atom. The number of hydrogen-bond acceptors (Lipinski definition) is 3. The quantitative estimate of drug-likeness (QED) is 0.755. The highest BCUT2D eigenvalue weighted by Gasteiger charge is 2.44. The second kappa shape index (κ2) is 7.11. The van der Waals surface area contributed by atoms with Crippen molar-refractivity contribution < 1.29 is 32.6 Å². The van der Waals surface area contributed by atoms with Crippen LogP contribution in [0.3, 0.4) is 0 Å². The molecule has 0 bridgehead atoms. The number of aliphatic carboxylic acids is 1. The third-order valence-corrected chi connectivity index (χ3v) is 3.87. The highest BCUT2D eigenvalue weighted by atomic mass is 19.4. The van der Waals surface area contributed by atoms with Crippen molar-refractivity contribution in [1.82, 2.24) is 5.32 Å². The minimum atomic E-state index is -4.65. The van der Waals surface area contributed by atoms with E-state index in [4.69, 9.17) is 9.84 Å². The van der Waals surface area contributed by atoms with Gasteiger partial charge < -0.3 is 15.2 Å². The Hall–Kier alpha value is -1.31. The number of carboxylic acid groups (broad SMARTS) is 1. The molecular weight excluding hydrogens is 291 g/mol. The maximum Gasteiger partial charge on any atom is 0.391 e. The van der Waals surface area contributed by atoms with E-state index in [1.165, 1.54) is 7.11 Å². The second-order valence-corrected chi connectivity index (χ2v) is 5.41. The van der Waals surface area contributed by atoms with Crippen molar-refractivity contribution in [3.05, 3.63) is 0 Å². The Bertz CT molecular complexity index is 378. The average Bonchev–Trinajstić information content (AvgIpc) is 2.83. The fourth-order valence-electron chi connectivity index (χ4n) is 2.68. The second-order valence-electron chi connectivity index (χ2n) is 5.41. The molecule has 1 rings (SSSR count). The third-order valence-electron chi connectivity index (χ3n) is 3.87. The summed E-state index contributed by atoms with van der Waals surface area (Å²) in [5.41, 5.74) is -0.810. The number of carboxylic acids is 1. The Morgan fingerprint density at radius 3 is 2.33 bits per heavy atom. The van der Waals surface area contributed by atoms with Gasteiger partial charge in [-0.3, -0.25) is 4.79 Å². The molecule has 1 saturated carbocycles. The molecule has 122 valence electrons. The van der Waals surface area contributed by atoms with Crippen molar-refractivity contribution in [2.24, 2.45) is 5.41 Å². The Balaban J connectivity index is 2.76. The summed E-state index contributed by atoms with van der Waals surface area (Å²) in [6.07, 6.45) is -3.16. The van der Waals surface area contributed by atoms with Crippen molar-refractivity contribution in [1.29, 1.82) is 0 Å². The van der Waals surface area contributed by atoms with Crippen LogP contribution < -0.4 is 5.32 Å². The number of ether oxygens (including phenoxy) is 1. The summed E-state index contributed by atoms with van der Waals surface area (Å²) in [6.45, 7) is 0.310. The minimum Gasteiger partial charge on any atom is -0.480 e. The van der Waals surface area contributed by atoms with Crippen molar-refractivity contribution in [3.63, 3.8) is 0 Å². The fourth-order valence-corrected chi connectivity index (χ4v) is 2.68. The van der Waals surface area contributed by atoms with Crippen molar-refractivity contribution in [3.8, 4) is 0 Å². The van der Waals surface area contributed by atoms with Crippen molar-refractivity contribution in [2.45, 2.75) is 50.7 Å². The van der Waals surface area contributed by atoms with Gasteiger partial charge in [-0.15, -0.1) is 0 Å². The summed E-state index contributed by atoms with van der Waals surface area (Å²) >= 11 is 0. The molecule has 0 aromatic rings. The van der Waals surface area contributed by atoms with Crippen LogP contribution in [0.4, 0.5) is 13.2 Å². The van der Waals surface area contributed by atoms with Crippen LogP contribution in [0.2, 0.25) is 0 Å². The lowest BCUT2D eigenvalue weighted by Gasteiger charge is -2.29. The minimum absolute atomic E-state index is 0.310. The zero-order chi connectivity index (χ0) is 16.1. The lowest BCUT2D eigenvalue weighted by atomic mass is 9.81. The first-order valence-corrected chi connectivity index (χ1v) is 6.80. The molecule has 1 fully saturated rings. The van der Waals surface area contributed by atoms with Gasteiger partial charge in [0, 0.05) is 13.7 Å². The molecule has 8 heteroatoms. The molecule has 21 heavy (non-hydrogen) atoms. The summed E-state index contributed by atoms with van der Waals surface area (Å²) in [6, 6.07) is -1.95. The predicted octanol–water partition coefficient (Wildman–Crippen LogP) is 2.11. The van der Waals surface area contributed by atoms with Gasteiger partial charge in [-0.25, -0.2) is 4.79 Å². The summed E-state index contributed by atoms with van der Waals surface area (Å²) in [4.78, 5) is 23.2. The number of carbonyl (C=O) groups is 2. The first-order valence-electron chi connectivity index (χ1n) is 6.80. The van der Waals surface area contributed by atoms with E-state index >= 15 is 0 Å². The van der Waals surface area contributed by atoms with Crippen LogP contribution >= 0.6 is 0 Å². The van der Waals surface area contributed by atoms with E-state index in [1.54, 1.807) is 0 Å². The molecule has 0 heterocycles. The monoisotopic (exact) mass is 311 g/mol. The number of halogens is 3. The van der Waals surface area contributed by atoms with E-state index in [-0.39, 0.29) is 0 Å². The van der Waals surface area contributed by atoms with Gasteiger partial charge in [-0.05, 0) is 19.3 Å². The van der Waals surface area contributed by atoms with E-state index in [1.807, 2.05) is 0 Å². The van der Waals surface area contributed by atoms with Crippen LogP contribution in [-0.2, 0) is 14.3 Å².